The van der Waals surface area contributed by atoms with E-state index in [1.807, 2.05) is 47.6 Å². The van der Waals surface area contributed by atoms with E-state index < -0.39 is 5.41 Å². The number of nitrogens with one attached hydrogen (secondary N) is 1. The largest absolute Gasteiger partial charge is 0.377 e. The Labute approximate surface area is 92.6 Å². The summed E-state index contributed by atoms with van der Waals surface area (Å²) in [5.41, 5.74) is 0.304. The molecule has 0 aliphatic rings. The Kier molecular flexibility index (Phi) is 4.53. The second kappa shape index (κ2) is 4.79. The quantitative estimate of drug-likeness (QED) is 0.557. The zero-order valence-electron chi connectivity index (χ0n) is 10.6. The molecule has 0 saturated carbocycles. The number of aliphatic hydroxyl groups is 1. The Balaban J connectivity index is 5.22. The molecule has 0 aliphatic heterocycles. The van der Waals surface area contributed by atoms with E-state index in [0.717, 1.165) is 5.57 Å². The van der Waals surface area contributed by atoms with Gasteiger partial charge in [0.2, 0.25) is 5.91 Å². The summed E-state index contributed by atoms with van der Waals surface area (Å²) in [4.78, 5) is 11.9. The van der Waals surface area contributed by atoms with Crippen molar-refractivity contribution in [1.29, 1.82) is 0 Å². The van der Waals surface area contributed by atoms with E-state index in [1.54, 1.807) is 0 Å². The molecule has 3 heteroatoms. The minimum Gasteiger partial charge on any atom is -0.377 e. The van der Waals surface area contributed by atoms with E-state index in [1.165, 1.54) is 0 Å². The van der Waals surface area contributed by atoms with Gasteiger partial charge in [-0.3, -0.25) is 4.79 Å². The predicted octanol–water partition coefficient (Wildman–Crippen LogP) is 2.07. The third kappa shape index (κ3) is 3.34. The average Bonchev–Trinajstić information content (AvgIpc) is 2.01. The van der Waals surface area contributed by atoms with Gasteiger partial charge in [-0.1, -0.05) is 32.4 Å². The van der Waals surface area contributed by atoms with Crippen LogP contribution < -0.4 is 5.32 Å². The van der Waals surface area contributed by atoms with Gasteiger partial charge in [0.1, 0.15) is 6.73 Å². The highest BCUT2D eigenvalue weighted by Crippen LogP contribution is 2.40. The number of hydrogen-bond donors (Lipinski definition) is 2. The Morgan fingerprint density at radius 1 is 1.27 bits per heavy atom. The molecule has 3 nitrogen and oxygen atoms in total. The second-order valence-corrected chi connectivity index (χ2v) is 5.34. The maximum absolute atomic E-state index is 11.9. The van der Waals surface area contributed by atoms with Gasteiger partial charge in [0, 0.05) is 0 Å². The van der Waals surface area contributed by atoms with Crippen LogP contribution in [0.15, 0.2) is 11.6 Å². The zero-order chi connectivity index (χ0) is 12.3. The molecule has 0 aromatic carbocycles. The summed E-state index contributed by atoms with van der Waals surface area (Å²) in [6, 6.07) is 0. The van der Waals surface area contributed by atoms with Crippen LogP contribution in [0, 0.1) is 10.8 Å². The van der Waals surface area contributed by atoms with Crippen molar-refractivity contribution in [2.75, 3.05) is 6.73 Å². The maximum atomic E-state index is 11.9. The molecule has 0 bridgehead atoms. The third-order valence-electron chi connectivity index (χ3n) is 2.85. The van der Waals surface area contributed by atoms with Crippen LogP contribution in [-0.4, -0.2) is 17.7 Å². The van der Waals surface area contributed by atoms with E-state index in [-0.39, 0.29) is 18.1 Å². The molecular weight excluding hydrogens is 190 g/mol. The Bertz CT molecular complexity index is 259. The molecule has 0 aliphatic carbocycles. The fraction of sp³-hybridized carbons (Fsp3) is 0.750. The van der Waals surface area contributed by atoms with Crippen molar-refractivity contribution in [2.24, 2.45) is 10.8 Å². The summed E-state index contributed by atoms with van der Waals surface area (Å²) in [5, 5.41) is 11.2. The lowest BCUT2D eigenvalue weighted by Gasteiger charge is -2.38. The fourth-order valence-electron chi connectivity index (χ4n) is 1.46. The van der Waals surface area contributed by atoms with Crippen LogP contribution in [0.4, 0.5) is 0 Å². The summed E-state index contributed by atoms with van der Waals surface area (Å²) in [5.74, 6) is -0.140. The SMILES string of the molecule is CC(C)=CC(C)(C(=O)NCO)C(C)(C)C. The van der Waals surface area contributed by atoms with Crippen molar-refractivity contribution in [2.45, 2.75) is 41.5 Å². The lowest BCUT2D eigenvalue weighted by Crippen LogP contribution is -2.46. The number of allylic oxidation sites excluding steroid dienone is 1. The van der Waals surface area contributed by atoms with Gasteiger partial charge < -0.3 is 10.4 Å². The average molecular weight is 213 g/mol. The van der Waals surface area contributed by atoms with Gasteiger partial charge in [0.25, 0.3) is 0 Å². The topological polar surface area (TPSA) is 49.3 Å². The van der Waals surface area contributed by atoms with Crippen LogP contribution in [0.2, 0.25) is 0 Å². The highest BCUT2D eigenvalue weighted by Gasteiger charge is 2.41. The molecule has 2 N–H and O–H groups in total. The Morgan fingerprint density at radius 2 is 1.73 bits per heavy atom. The van der Waals surface area contributed by atoms with Gasteiger partial charge in [-0.25, -0.2) is 0 Å². The molecule has 1 atom stereocenters. The van der Waals surface area contributed by atoms with E-state index in [9.17, 15) is 4.79 Å². The van der Waals surface area contributed by atoms with E-state index in [0.29, 0.717) is 0 Å². The standard InChI is InChI=1S/C12H23NO2/c1-9(2)7-12(6,11(3,4)5)10(15)13-8-14/h7,14H,8H2,1-6H3,(H,13,15). The molecule has 1 amide bonds. The first kappa shape index (κ1) is 14.2. The Morgan fingerprint density at radius 3 is 2.00 bits per heavy atom. The molecule has 0 spiro atoms. The van der Waals surface area contributed by atoms with Crippen LogP contribution in [-0.2, 0) is 4.79 Å². The van der Waals surface area contributed by atoms with Crippen LogP contribution in [0.3, 0.4) is 0 Å². The second-order valence-electron chi connectivity index (χ2n) is 5.34. The van der Waals surface area contributed by atoms with Crippen molar-refractivity contribution in [3.8, 4) is 0 Å². The summed E-state index contributed by atoms with van der Waals surface area (Å²) in [6.45, 7) is 11.6. The molecule has 15 heavy (non-hydrogen) atoms. The van der Waals surface area contributed by atoms with Gasteiger partial charge in [-0.2, -0.15) is 0 Å². The maximum Gasteiger partial charge on any atom is 0.232 e. The monoisotopic (exact) mass is 213 g/mol. The smallest absolute Gasteiger partial charge is 0.232 e. The minimum atomic E-state index is -0.603. The molecule has 1 unspecified atom stereocenters. The van der Waals surface area contributed by atoms with Crippen molar-refractivity contribution in [1.82, 2.24) is 5.32 Å². The third-order valence-corrected chi connectivity index (χ3v) is 2.85. The number of aliphatic hydroxyl groups excluding tert-OH is 1. The number of hydrogen-bond acceptors (Lipinski definition) is 2. The van der Waals surface area contributed by atoms with Gasteiger partial charge in [0.15, 0.2) is 0 Å². The van der Waals surface area contributed by atoms with Crippen molar-refractivity contribution >= 4 is 5.91 Å². The number of carbonyl (C=O) groups excluding carboxylic acids is 1. The Hall–Kier alpha value is -0.830. The first-order valence-electron chi connectivity index (χ1n) is 5.20. The van der Waals surface area contributed by atoms with Gasteiger partial charge in [-0.15, -0.1) is 0 Å². The molecule has 0 rings (SSSR count). The van der Waals surface area contributed by atoms with E-state index in [4.69, 9.17) is 5.11 Å². The summed E-state index contributed by atoms with van der Waals surface area (Å²) < 4.78 is 0. The molecule has 88 valence electrons. The molecule has 0 aromatic heterocycles. The molecule has 0 fully saturated rings. The van der Waals surface area contributed by atoms with Crippen molar-refractivity contribution < 1.29 is 9.90 Å². The lowest BCUT2D eigenvalue weighted by molar-refractivity contribution is -0.133. The summed E-state index contributed by atoms with van der Waals surface area (Å²) >= 11 is 0. The molecular formula is C12H23NO2. The molecule has 0 aromatic rings. The van der Waals surface area contributed by atoms with Crippen molar-refractivity contribution in [3.63, 3.8) is 0 Å². The lowest BCUT2D eigenvalue weighted by atomic mass is 9.66. The molecule has 0 saturated heterocycles. The van der Waals surface area contributed by atoms with Gasteiger partial charge >= 0.3 is 0 Å². The predicted molar refractivity (Wildman–Crippen MR) is 62.2 cm³/mol. The normalized spacial score (nSPS) is 15.4. The summed E-state index contributed by atoms with van der Waals surface area (Å²) in [7, 11) is 0. The summed E-state index contributed by atoms with van der Waals surface area (Å²) in [6.07, 6.45) is 1.96. The highest BCUT2D eigenvalue weighted by molar-refractivity contribution is 5.85. The first-order valence-corrected chi connectivity index (χ1v) is 5.20. The van der Waals surface area contributed by atoms with Crippen molar-refractivity contribution in [3.05, 3.63) is 11.6 Å². The minimum absolute atomic E-state index is 0.140. The van der Waals surface area contributed by atoms with Crippen LogP contribution in [0.25, 0.3) is 0 Å². The van der Waals surface area contributed by atoms with E-state index >= 15 is 0 Å². The first-order chi connectivity index (χ1) is 6.65. The van der Waals surface area contributed by atoms with Crippen LogP contribution >= 0.6 is 0 Å². The van der Waals surface area contributed by atoms with Gasteiger partial charge in [-0.05, 0) is 26.2 Å². The molecule has 0 heterocycles. The number of rotatable bonds is 3. The van der Waals surface area contributed by atoms with E-state index in [2.05, 4.69) is 5.32 Å². The van der Waals surface area contributed by atoms with Crippen LogP contribution in [0.5, 0.6) is 0 Å². The molecule has 0 radical (unpaired) electrons. The van der Waals surface area contributed by atoms with Crippen LogP contribution in [0.1, 0.15) is 41.5 Å². The fourth-order valence-corrected chi connectivity index (χ4v) is 1.46. The number of carbonyl (C=O) groups is 1. The highest BCUT2D eigenvalue weighted by atomic mass is 16.3. The van der Waals surface area contributed by atoms with Gasteiger partial charge in [0.05, 0.1) is 5.41 Å². The zero-order valence-corrected chi connectivity index (χ0v) is 10.6. The number of amides is 1.